The zero-order valence-electron chi connectivity index (χ0n) is 10.4. The molecule has 0 saturated heterocycles. The summed E-state index contributed by atoms with van der Waals surface area (Å²) in [6, 6.07) is 13.6. The summed E-state index contributed by atoms with van der Waals surface area (Å²) in [5.74, 6) is -0.734. The van der Waals surface area contributed by atoms with E-state index in [0.717, 1.165) is 0 Å². The van der Waals surface area contributed by atoms with E-state index in [2.05, 4.69) is 0 Å². The van der Waals surface area contributed by atoms with E-state index >= 15 is 0 Å². The van der Waals surface area contributed by atoms with Crippen LogP contribution in [0.3, 0.4) is 0 Å². The summed E-state index contributed by atoms with van der Waals surface area (Å²) in [7, 11) is 0. The van der Waals surface area contributed by atoms with E-state index in [9.17, 15) is 9.59 Å². The number of fused-ring (bicyclic) bond motifs is 1. The number of nitrogens with zero attached hydrogens (tertiary/aromatic N) is 1. The summed E-state index contributed by atoms with van der Waals surface area (Å²) < 4.78 is 6.41. The first kappa shape index (κ1) is 12.7. The van der Waals surface area contributed by atoms with Gasteiger partial charge in [-0.25, -0.2) is 4.79 Å². The molecule has 100 valence electrons. The second-order valence-corrected chi connectivity index (χ2v) is 4.79. The number of para-hydroxylation sites is 2. The third-order valence-electron chi connectivity index (χ3n) is 3.02. The van der Waals surface area contributed by atoms with Crippen molar-refractivity contribution in [2.45, 2.75) is 6.54 Å². The van der Waals surface area contributed by atoms with Crippen LogP contribution in [-0.4, -0.2) is 10.4 Å². The number of carbonyl (C=O) groups is 1. The van der Waals surface area contributed by atoms with E-state index in [-0.39, 0.29) is 12.3 Å². The molecule has 5 heteroatoms. The van der Waals surface area contributed by atoms with Gasteiger partial charge in [0.1, 0.15) is 0 Å². The summed E-state index contributed by atoms with van der Waals surface area (Å²) in [4.78, 5) is 24.0. The zero-order valence-corrected chi connectivity index (χ0v) is 11.1. The van der Waals surface area contributed by atoms with E-state index in [1.165, 1.54) is 4.57 Å². The van der Waals surface area contributed by atoms with Gasteiger partial charge in [-0.3, -0.25) is 9.36 Å². The fraction of sp³-hybridized carbons (Fsp3) is 0.0667. The predicted octanol–water partition coefficient (Wildman–Crippen LogP) is 3.13. The monoisotopic (exact) mass is 287 g/mol. The molecule has 2 aromatic carbocycles. The molecule has 0 unspecified atom stereocenters. The number of hydrogen-bond acceptors (Lipinski definition) is 3. The Bertz CT molecular complexity index is 847. The number of ketones is 1. The molecule has 1 aromatic heterocycles. The van der Waals surface area contributed by atoms with Crippen LogP contribution in [-0.2, 0) is 6.54 Å². The third-order valence-corrected chi connectivity index (χ3v) is 3.26. The number of oxazole rings is 1. The molecular weight excluding hydrogens is 278 g/mol. The Balaban J connectivity index is 1.99. The molecule has 0 aliphatic carbocycles. The Morgan fingerprint density at radius 2 is 1.95 bits per heavy atom. The van der Waals surface area contributed by atoms with Gasteiger partial charge in [0.05, 0.1) is 12.1 Å². The van der Waals surface area contributed by atoms with Crippen LogP contribution in [0.1, 0.15) is 10.4 Å². The number of aromatic nitrogens is 1. The molecule has 0 spiro atoms. The average molecular weight is 288 g/mol. The fourth-order valence-electron chi connectivity index (χ4n) is 2.06. The standard InChI is InChI=1S/C15H10ClNO3/c16-11-5-3-4-10(8-11)13(18)9-17-12-6-1-2-7-14(12)20-15(17)19/h1-8H,9H2. The van der Waals surface area contributed by atoms with Crippen LogP contribution < -0.4 is 5.76 Å². The van der Waals surface area contributed by atoms with Crippen molar-refractivity contribution >= 4 is 28.5 Å². The topological polar surface area (TPSA) is 52.2 Å². The van der Waals surface area contributed by atoms with Crippen LogP contribution in [0.4, 0.5) is 0 Å². The van der Waals surface area contributed by atoms with Gasteiger partial charge in [0.2, 0.25) is 0 Å². The maximum atomic E-state index is 12.2. The van der Waals surface area contributed by atoms with Crippen LogP contribution in [0.15, 0.2) is 57.7 Å². The smallest absolute Gasteiger partial charge is 0.408 e. The predicted molar refractivity (Wildman–Crippen MR) is 76.3 cm³/mol. The van der Waals surface area contributed by atoms with Gasteiger partial charge in [-0.05, 0) is 24.3 Å². The minimum Gasteiger partial charge on any atom is -0.408 e. The highest BCUT2D eigenvalue weighted by Crippen LogP contribution is 2.14. The average Bonchev–Trinajstić information content (AvgIpc) is 2.75. The van der Waals surface area contributed by atoms with E-state index < -0.39 is 5.76 Å². The molecule has 3 rings (SSSR count). The van der Waals surface area contributed by atoms with Crippen molar-refractivity contribution in [1.82, 2.24) is 4.57 Å². The summed E-state index contributed by atoms with van der Waals surface area (Å²) in [5.41, 5.74) is 1.54. The Labute approximate surface area is 119 Å². The minimum atomic E-state index is -0.540. The molecule has 0 amide bonds. The van der Waals surface area contributed by atoms with Gasteiger partial charge in [0.15, 0.2) is 11.4 Å². The first-order chi connectivity index (χ1) is 9.65. The van der Waals surface area contributed by atoms with Crippen molar-refractivity contribution in [2.24, 2.45) is 0 Å². The number of hydrogen-bond donors (Lipinski definition) is 0. The van der Waals surface area contributed by atoms with Gasteiger partial charge in [0, 0.05) is 10.6 Å². The molecule has 0 bridgehead atoms. The molecule has 0 radical (unpaired) electrons. The highest BCUT2D eigenvalue weighted by atomic mass is 35.5. The number of halogens is 1. The number of benzene rings is 2. The Hall–Kier alpha value is -2.33. The molecule has 0 N–H and O–H groups in total. The van der Waals surface area contributed by atoms with Crippen molar-refractivity contribution in [1.29, 1.82) is 0 Å². The zero-order chi connectivity index (χ0) is 14.1. The second-order valence-electron chi connectivity index (χ2n) is 4.36. The summed E-state index contributed by atoms with van der Waals surface area (Å²) in [6.45, 7) is -0.0732. The summed E-state index contributed by atoms with van der Waals surface area (Å²) in [6.07, 6.45) is 0. The molecule has 0 atom stereocenters. The van der Waals surface area contributed by atoms with Gasteiger partial charge in [-0.15, -0.1) is 0 Å². The Morgan fingerprint density at radius 3 is 2.75 bits per heavy atom. The van der Waals surface area contributed by atoms with E-state index in [1.54, 1.807) is 48.5 Å². The Kier molecular flexibility index (Phi) is 3.16. The fourth-order valence-corrected chi connectivity index (χ4v) is 2.25. The van der Waals surface area contributed by atoms with E-state index in [1.807, 2.05) is 0 Å². The Morgan fingerprint density at radius 1 is 1.15 bits per heavy atom. The molecule has 20 heavy (non-hydrogen) atoms. The lowest BCUT2D eigenvalue weighted by atomic mass is 10.1. The van der Waals surface area contributed by atoms with Crippen LogP contribution >= 0.6 is 11.6 Å². The van der Waals surface area contributed by atoms with Crippen LogP contribution in [0.2, 0.25) is 5.02 Å². The largest absolute Gasteiger partial charge is 0.420 e. The van der Waals surface area contributed by atoms with Crippen LogP contribution in [0, 0.1) is 0 Å². The van der Waals surface area contributed by atoms with Gasteiger partial charge in [0.25, 0.3) is 0 Å². The molecule has 0 aliphatic heterocycles. The second kappa shape index (κ2) is 4.98. The van der Waals surface area contributed by atoms with Crippen molar-refractivity contribution < 1.29 is 9.21 Å². The highest BCUT2D eigenvalue weighted by molar-refractivity contribution is 6.31. The highest BCUT2D eigenvalue weighted by Gasteiger charge is 2.13. The van der Waals surface area contributed by atoms with Crippen LogP contribution in [0.25, 0.3) is 11.1 Å². The number of carbonyl (C=O) groups excluding carboxylic acids is 1. The summed E-state index contributed by atoms with van der Waals surface area (Å²) in [5, 5.41) is 0.486. The molecule has 4 nitrogen and oxygen atoms in total. The normalized spacial score (nSPS) is 10.8. The lowest BCUT2D eigenvalue weighted by Gasteiger charge is -2.02. The maximum Gasteiger partial charge on any atom is 0.420 e. The van der Waals surface area contributed by atoms with Gasteiger partial charge in [-0.1, -0.05) is 35.9 Å². The van der Waals surface area contributed by atoms with Crippen LogP contribution in [0.5, 0.6) is 0 Å². The van der Waals surface area contributed by atoms with Crippen molar-refractivity contribution in [3.8, 4) is 0 Å². The van der Waals surface area contributed by atoms with Gasteiger partial charge in [-0.2, -0.15) is 0 Å². The third kappa shape index (κ3) is 2.26. The molecular formula is C15H10ClNO3. The molecule has 3 aromatic rings. The van der Waals surface area contributed by atoms with Gasteiger partial charge < -0.3 is 4.42 Å². The quantitative estimate of drug-likeness (QED) is 0.695. The molecule has 0 aliphatic rings. The van der Waals surface area contributed by atoms with Crippen molar-refractivity contribution in [3.63, 3.8) is 0 Å². The lowest BCUT2D eigenvalue weighted by molar-refractivity contribution is 0.0970. The number of Topliss-reactive ketones (excluding diaryl/α,β-unsaturated/α-hetero) is 1. The first-order valence-corrected chi connectivity index (χ1v) is 6.40. The lowest BCUT2D eigenvalue weighted by Crippen LogP contribution is -2.20. The van der Waals surface area contributed by atoms with E-state index in [0.29, 0.717) is 21.7 Å². The van der Waals surface area contributed by atoms with Crippen molar-refractivity contribution in [3.05, 3.63) is 69.7 Å². The maximum absolute atomic E-state index is 12.2. The van der Waals surface area contributed by atoms with E-state index in [4.69, 9.17) is 16.0 Å². The summed E-state index contributed by atoms with van der Waals surface area (Å²) >= 11 is 5.86. The SMILES string of the molecule is O=C(Cn1c(=O)oc2ccccc21)c1cccc(Cl)c1. The minimum absolute atomic E-state index is 0.0732. The van der Waals surface area contributed by atoms with Crippen molar-refractivity contribution in [2.75, 3.05) is 0 Å². The molecule has 0 fully saturated rings. The molecule has 1 heterocycles. The number of rotatable bonds is 3. The van der Waals surface area contributed by atoms with Gasteiger partial charge >= 0.3 is 5.76 Å². The first-order valence-electron chi connectivity index (χ1n) is 6.02. The molecule has 0 saturated carbocycles.